The average molecular weight is 278 g/mol. The first-order valence-corrected chi connectivity index (χ1v) is 9.21. The molecule has 2 saturated carbocycles. The van der Waals surface area contributed by atoms with Crippen molar-refractivity contribution in [3.63, 3.8) is 0 Å². The van der Waals surface area contributed by atoms with Crippen LogP contribution in [0.1, 0.15) is 70.6 Å². The maximum Gasteiger partial charge on any atom is 0.0104 e. The fraction of sp³-hybridized carbons (Fsp3) is 1.00. The summed E-state index contributed by atoms with van der Waals surface area (Å²) >= 11 is 0. The van der Waals surface area contributed by atoms with E-state index in [0.29, 0.717) is 0 Å². The minimum Gasteiger partial charge on any atom is -0.317 e. The van der Waals surface area contributed by atoms with Gasteiger partial charge in [-0.05, 0) is 70.0 Å². The summed E-state index contributed by atoms with van der Waals surface area (Å²) in [6, 6.07) is 0.786. The van der Waals surface area contributed by atoms with Crippen LogP contribution in [0.15, 0.2) is 0 Å². The second-order valence-electron chi connectivity index (χ2n) is 7.80. The highest BCUT2D eigenvalue weighted by Crippen LogP contribution is 2.44. The van der Waals surface area contributed by atoms with Gasteiger partial charge in [0.1, 0.15) is 0 Å². The normalized spacial score (nSPS) is 35.2. The highest BCUT2D eigenvalue weighted by atomic mass is 15.1. The Morgan fingerprint density at radius 3 is 2.30 bits per heavy atom. The summed E-state index contributed by atoms with van der Waals surface area (Å²) in [4.78, 5) is 2.79. The molecule has 2 nitrogen and oxygen atoms in total. The summed E-state index contributed by atoms with van der Waals surface area (Å²) in [5.41, 5.74) is 0.768. The third kappa shape index (κ3) is 3.39. The molecule has 2 heteroatoms. The van der Waals surface area contributed by atoms with Gasteiger partial charge < -0.3 is 10.2 Å². The number of nitrogens with zero attached hydrogens (tertiary/aromatic N) is 1. The number of piperidine rings is 1. The lowest BCUT2D eigenvalue weighted by Crippen LogP contribution is -2.47. The Bertz CT molecular complexity index is 286. The van der Waals surface area contributed by atoms with Crippen molar-refractivity contribution in [2.45, 2.75) is 76.7 Å². The van der Waals surface area contributed by atoms with E-state index in [9.17, 15) is 0 Å². The van der Waals surface area contributed by atoms with Crippen LogP contribution in [-0.2, 0) is 0 Å². The van der Waals surface area contributed by atoms with Gasteiger partial charge in [-0.1, -0.05) is 32.1 Å². The highest BCUT2D eigenvalue weighted by molar-refractivity contribution is 4.90. The average Bonchev–Trinajstić information content (AvgIpc) is 2.51. The van der Waals surface area contributed by atoms with Gasteiger partial charge in [0.25, 0.3) is 0 Å². The summed E-state index contributed by atoms with van der Waals surface area (Å²) in [6.45, 7) is 4.13. The van der Waals surface area contributed by atoms with Gasteiger partial charge in [-0.3, -0.25) is 0 Å². The van der Waals surface area contributed by atoms with E-state index in [2.05, 4.69) is 17.3 Å². The van der Waals surface area contributed by atoms with Gasteiger partial charge in [-0.2, -0.15) is 0 Å². The molecule has 1 spiro atoms. The maximum atomic E-state index is 3.57. The second-order valence-corrected chi connectivity index (χ2v) is 7.80. The fourth-order valence-electron chi connectivity index (χ4n) is 5.15. The molecule has 1 aliphatic heterocycles. The molecule has 3 fully saturated rings. The number of hydrogen-bond acceptors (Lipinski definition) is 2. The van der Waals surface area contributed by atoms with Crippen LogP contribution in [-0.4, -0.2) is 37.6 Å². The second kappa shape index (κ2) is 6.79. The van der Waals surface area contributed by atoms with Crippen LogP contribution in [0.25, 0.3) is 0 Å². The van der Waals surface area contributed by atoms with Gasteiger partial charge in [0.05, 0.1) is 0 Å². The van der Waals surface area contributed by atoms with Gasteiger partial charge in [0.2, 0.25) is 0 Å². The molecule has 0 aromatic heterocycles. The van der Waals surface area contributed by atoms with Crippen LogP contribution >= 0.6 is 0 Å². The molecule has 2 unspecified atom stereocenters. The zero-order valence-corrected chi connectivity index (χ0v) is 13.5. The topological polar surface area (TPSA) is 15.3 Å². The Labute approximate surface area is 125 Å². The molecule has 1 N–H and O–H groups in total. The van der Waals surface area contributed by atoms with Gasteiger partial charge in [0.15, 0.2) is 0 Å². The lowest BCUT2D eigenvalue weighted by molar-refractivity contribution is 0.0521. The smallest absolute Gasteiger partial charge is 0.0104 e. The molecular formula is C18H34N2. The predicted molar refractivity (Wildman–Crippen MR) is 86.0 cm³/mol. The molecule has 3 rings (SSSR count). The van der Waals surface area contributed by atoms with Crippen LogP contribution in [0.4, 0.5) is 0 Å². The molecule has 0 radical (unpaired) electrons. The van der Waals surface area contributed by atoms with E-state index >= 15 is 0 Å². The molecule has 1 heterocycles. The summed E-state index contributed by atoms with van der Waals surface area (Å²) in [5.74, 6) is 0.911. The predicted octanol–water partition coefficient (Wildman–Crippen LogP) is 3.81. The highest BCUT2D eigenvalue weighted by Gasteiger charge is 2.36. The van der Waals surface area contributed by atoms with Gasteiger partial charge in [-0.25, -0.2) is 0 Å². The summed E-state index contributed by atoms with van der Waals surface area (Å²) in [5, 5.41) is 3.57. The SMILES string of the molecule is CNC1CCCCC1CN1CCC2(CCCCC2)CC1. The summed E-state index contributed by atoms with van der Waals surface area (Å²) < 4.78 is 0. The number of rotatable bonds is 3. The maximum absolute atomic E-state index is 3.57. The van der Waals surface area contributed by atoms with E-state index in [1.54, 1.807) is 0 Å². The van der Waals surface area contributed by atoms with Crippen LogP contribution in [0.5, 0.6) is 0 Å². The number of nitrogens with one attached hydrogen (secondary N) is 1. The monoisotopic (exact) mass is 278 g/mol. The van der Waals surface area contributed by atoms with E-state index in [-0.39, 0.29) is 0 Å². The van der Waals surface area contributed by atoms with Crippen molar-refractivity contribution in [3.05, 3.63) is 0 Å². The first-order valence-electron chi connectivity index (χ1n) is 9.21. The molecule has 0 aromatic rings. The van der Waals surface area contributed by atoms with Crippen molar-refractivity contribution < 1.29 is 0 Å². The third-order valence-corrected chi connectivity index (χ3v) is 6.60. The third-order valence-electron chi connectivity index (χ3n) is 6.60. The van der Waals surface area contributed by atoms with Crippen molar-refractivity contribution in [1.29, 1.82) is 0 Å². The van der Waals surface area contributed by atoms with Crippen molar-refractivity contribution >= 4 is 0 Å². The van der Waals surface area contributed by atoms with E-state index in [0.717, 1.165) is 17.4 Å². The molecule has 2 aliphatic carbocycles. The first kappa shape index (κ1) is 14.8. The Morgan fingerprint density at radius 2 is 1.60 bits per heavy atom. The van der Waals surface area contributed by atoms with Crippen LogP contribution < -0.4 is 5.32 Å². The zero-order valence-electron chi connectivity index (χ0n) is 13.5. The molecule has 20 heavy (non-hydrogen) atoms. The molecule has 1 saturated heterocycles. The van der Waals surface area contributed by atoms with Crippen LogP contribution in [0, 0.1) is 11.3 Å². The van der Waals surface area contributed by atoms with Gasteiger partial charge in [0, 0.05) is 12.6 Å². The Morgan fingerprint density at radius 1 is 0.900 bits per heavy atom. The fourth-order valence-corrected chi connectivity index (χ4v) is 5.15. The van der Waals surface area contributed by atoms with Crippen LogP contribution in [0.2, 0.25) is 0 Å². The molecule has 0 bridgehead atoms. The lowest BCUT2D eigenvalue weighted by Gasteiger charge is -2.46. The summed E-state index contributed by atoms with van der Waals surface area (Å²) in [6.07, 6.45) is 16.3. The number of likely N-dealkylation sites (tertiary alicyclic amines) is 1. The van der Waals surface area contributed by atoms with E-state index in [4.69, 9.17) is 0 Å². The minimum atomic E-state index is 0.768. The largest absolute Gasteiger partial charge is 0.317 e. The lowest BCUT2D eigenvalue weighted by atomic mass is 9.68. The molecular weight excluding hydrogens is 244 g/mol. The minimum absolute atomic E-state index is 0.768. The van der Waals surface area contributed by atoms with Crippen molar-refractivity contribution in [3.8, 4) is 0 Å². The van der Waals surface area contributed by atoms with Crippen molar-refractivity contribution in [2.24, 2.45) is 11.3 Å². The van der Waals surface area contributed by atoms with E-state index in [1.807, 2.05) is 0 Å². The molecule has 2 atom stereocenters. The Balaban J connectivity index is 1.48. The Kier molecular flexibility index (Phi) is 5.04. The molecule has 0 aromatic carbocycles. The van der Waals surface area contributed by atoms with Gasteiger partial charge in [-0.15, -0.1) is 0 Å². The Hall–Kier alpha value is -0.0800. The zero-order chi connectivity index (χ0) is 13.8. The molecule has 0 amide bonds. The van der Waals surface area contributed by atoms with Gasteiger partial charge >= 0.3 is 0 Å². The van der Waals surface area contributed by atoms with Crippen molar-refractivity contribution in [1.82, 2.24) is 10.2 Å². The van der Waals surface area contributed by atoms with E-state index < -0.39 is 0 Å². The standard InChI is InChI=1S/C18H34N2/c1-19-17-8-4-3-7-16(17)15-20-13-11-18(12-14-20)9-5-2-6-10-18/h16-17,19H,2-15H2,1H3. The van der Waals surface area contributed by atoms with Crippen molar-refractivity contribution in [2.75, 3.05) is 26.7 Å². The van der Waals surface area contributed by atoms with E-state index in [1.165, 1.54) is 90.3 Å². The molecule has 3 aliphatic rings. The summed E-state index contributed by atoms with van der Waals surface area (Å²) in [7, 11) is 2.16. The quantitative estimate of drug-likeness (QED) is 0.844. The first-order chi connectivity index (χ1) is 9.81. The molecule has 116 valence electrons. The van der Waals surface area contributed by atoms with Crippen LogP contribution in [0.3, 0.4) is 0 Å². The number of hydrogen-bond donors (Lipinski definition) is 1.